The number of carbonyl (C=O) groups is 4. The summed E-state index contributed by atoms with van der Waals surface area (Å²) in [5, 5.41) is -1.09. The molecule has 38 heavy (non-hydrogen) atoms. The van der Waals surface area contributed by atoms with E-state index in [0.29, 0.717) is 28.9 Å². The Bertz CT molecular complexity index is 1320. The summed E-state index contributed by atoms with van der Waals surface area (Å²) in [5.41, 5.74) is 1.74. The molecule has 9 nitrogen and oxygen atoms in total. The highest BCUT2D eigenvalue weighted by atomic mass is 16.5. The van der Waals surface area contributed by atoms with Crippen molar-refractivity contribution in [3.05, 3.63) is 64.7 Å². The van der Waals surface area contributed by atoms with Gasteiger partial charge in [0.15, 0.2) is 0 Å². The molecular formula is C25H21B4N3O6. The van der Waals surface area contributed by atoms with E-state index in [4.69, 9.17) is 40.9 Å². The number of hydrogen-bond donors (Lipinski definition) is 1. The summed E-state index contributed by atoms with van der Waals surface area (Å²) in [7, 11) is 25.3. The number of fused-ring (bicyclic) bond motifs is 1. The van der Waals surface area contributed by atoms with Crippen LogP contribution in [-0.4, -0.2) is 90.6 Å². The Morgan fingerprint density at radius 2 is 1.68 bits per heavy atom. The van der Waals surface area contributed by atoms with E-state index in [-0.39, 0.29) is 56.0 Å². The standard InChI is InChI=1S/C25H21B4N3O6/c26-24(27,32-10-11-37-13-21(32)34)14-4-6-15(7-5-14)25(28,29)38-19-3-1-2-16-17(19)12-31(23(16)36)18-8-9-20(33)30-22(18)35/h1-7,18H,8-13H2,(H,30,33,35). The van der Waals surface area contributed by atoms with Crippen LogP contribution in [0.15, 0.2) is 42.5 Å². The van der Waals surface area contributed by atoms with Gasteiger partial charge in [-0.05, 0) is 35.0 Å². The highest BCUT2D eigenvalue weighted by molar-refractivity contribution is 6.41. The van der Waals surface area contributed by atoms with Crippen LogP contribution in [0, 0.1) is 0 Å². The molecule has 2 aromatic rings. The van der Waals surface area contributed by atoms with E-state index in [0.717, 1.165) is 0 Å². The van der Waals surface area contributed by atoms with Crippen LogP contribution >= 0.6 is 0 Å². The van der Waals surface area contributed by atoms with Crippen molar-refractivity contribution in [2.24, 2.45) is 0 Å². The predicted octanol–water partition coefficient (Wildman–Crippen LogP) is -0.720. The van der Waals surface area contributed by atoms with E-state index >= 15 is 0 Å². The Morgan fingerprint density at radius 3 is 2.37 bits per heavy atom. The molecule has 4 amide bonds. The summed E-state index contributed by atoms with van der Waals surface area (Å²) >= 11 is 0. The molecule has 5 rings (SSSR count). The number of ether oxygens (including phenoxy) is 2. The number of amides is 4. The highest BCUT2D eigenvalue weighted by Gasteiger charge is 2.41. The van der Waals surface area contributed by atoms with Gasteiger partial charge < -0.3 is 19.3 Å². The number of hydrogen-bond acceptors (Lipinski definition) is 6. The quantitative estimate of drug-likeness (QED) is 0.413. The molecule has 0 aliphatic carbocycles. The van der Waals surface area contributed by atoms with E-state index in [1.807, 2.05) is 0 Å². The molecule has 2 saturated heterocycles. The maximum atomic E-state index is 13.1. The van der Waals surface area contributed by atoms with Gasteiger partial charge in [0.05, 0.1) is 28.8 Å². The minimum absolute atomic E-state index is 0.0956. The first-order chi connectivity index (χ1) is 18.0. The summed E-state index contributed by atoms with van der Waals surface area (Å²) in [6, 6.07) is 10.6. The lowest BCUT2D eigenvalue weighted by atomic mass is 9.56. The third-order valence-electron chi connectivity index (χ3n) is 7.05. The molecule has 1 atom stereocenters. The average Bonchev–Trinajstić information content (AvgIpc) is 3.21. The molecule has 0 aromatic heterocycles. The maximum absolute atomic E-state index is 13.1. The Labute approximate surface area is 225 Å². The number of carbonyl (C=O) groups excluding carboxylic acids is 4. The summed E-state index contributed by atoms with van der Waals surface area (Å²) in [6.07, 6.45) is 0.391. The van der Waals surface area contributed by atoms with Crippen LogP contribution in [0.3, 0.4) is 0 Å². The fourth-order valence-electron chi connectivity index (χ4n) is 4.96. The third kappa shape index (κ3) is 4.64. The third-order valence-corrected chi connectivity index (χ3v) is 7.05. The van der Waals surface area contributed by atoms with Gasteiger partial charge in [0.1, 0.15) is 34.1 Å². The molecule has 3 heterocycles. The van der Waals surface area contributed by atoms with Gasteiger partial charge in [0, 0.05) is 29.5 Å². The Morgan fingerprint density at radius 1 is 0.974 bits per heavy atom. The predicted molar refractivity (Wildman–Crippen MR) is 138 cm³/mol. The zero-order chi connectivity index (χ0) is 27.2. The van der Waals surface area contributed by atoms with Crippen LogP contribution in [-0.2, 0) is 36.4 Å². The second kappa shape index (κ2) is 9.69. The fraction of sp³-hybridized carbons (Fsp3) is 0.360. The van der Waals surface area contributed by atoms with Gasteiger partial charge in [-0.3, -0.25) is 24.5 Å². The largest absolute Gasteiger partial charge is 0.502 e. The van der Waals surface area contributed by atoms with Crippen LogP contribution in [0.5, 0.6) is 5.75 Å². The van der Waals surface area contributed by atoms with Crippen LogP contribution in [0.1, 0.15) is 39.9 Å². The van der Waals surface area contributed by atoms with E-state index < -0.39 is 22.7 Å². The first kappa shape index (κ1) is 26.2. The van der Waals surface area contributed by atoms with Crippen molar-refractivity contribution in [1.82, 2.24) is 15.1 Å². The number of morpholine rings is 1. The van der Waals surface area contributed by atoms with Crippen LogP contribution in [0.2, 0.25) is 0 Å². The van der Waals surface area contributed by atoms with Gasteiger partial charge in [-0.15, -0.1) is 0 Å². The van der Waals surface area contributed by atoms with Crippen molar-refractivity contribution >= 4 is 55.0 Å². The zero-order valence-corrected chi connectivity index (χ0v) is 20.5. The second-order valence-electron chi connectivity index (χ2n) is 9.58. The Kier molecular flexibility index (Phi) is 6.67. The molecule has 8 radical (unpaired) electrons. The minimum atomic E-state index is -1.81. The van der Waals surface area contributed by atoms with E-state index in [2.05, 4.69) is 5.32 Å². The molecule has 3 aliphatic heterocycles. The van der Waals surface area contributed by atoms with Gasteiger partial charge in [0.25, 0.3) is 5.91 Å². The van der Waals surface area contributed by atoms with Gasteiger partial charge in [0.2, 0.25) is 17.7 Å². The number of benzene rings is 2. The smallest absolute Gasteiger partial charge is 0.255 e. The summed E-state index contributed by atoms with van der Waals surface area (Å²) in [5.74, 6) is -1.25. The molecule has 2 aromatic carbocycles. The van der Waals surface area contributed by atoms with Gasteiger partial charge >= 0.3 is 0 Å². The van der Waals surface area contributed by atoms with E-state index in [1.165, 1.54) is 9.80 Å². The lowest BCUT2D eigenvalue weighted by molar-refractivity contribution is -0.145. The molecule has 1 N–H and O–H groups in total. The zero-order valence-electron chi connectivity index (χ0n) is 20.5. The molecular weight excluding hydrogens is 482 g/mol. The Hall–Kier alpha value is -3.46. The van der Waals surface area contributed by atoms with Gasteiger partial charge in [-0.25, -0.2) is 0 Å². The molecule has 3 aliphatic rings. The number of rotatable bonds is 6. The van der Waals surface area contributed by atoms with E-state index in [1.54, 1.807) is 42.5 Å². The highest BCUT2D eigenvalue weighted by Crippen LogP contribution is 2.36. The fourth-order valence-corrected chi connectivity index (χ4v) is 4.96. The minimum Gasteiger partial charge on any atom is -0.502 e. The SMILES string of the molecule is [B]C([B])(Oc1cccc2c1CN(C1CCC(=O)NC1=O)C2=O)c1ccc(C([B])([B])N2CCOCC2=O)cc1. The molecule has 0 saturated carbocycles. The Balaban J connectivity index is 1.35. The number of imide groups is 1. The number of nitrogens with one attached hydrogen (secondary N) is 1. The number of piperidine rings is 1. The molecule has 13 heteroatoms. The monoisotopic (exact) mass is 503 g/mol. The summed E-state index contributed by atoms with van der Waals surface area (Å²) < 4.78 is 11.1. The van der Waals surface area contributed by atoms with Crippen molar-refractivity contribution in [3.8, 4) is 5.75 Å². The molecule has 0 spiro atoms. The lowest BCUT2D eigenvalue weighted by Crippen LogP contribution is -2.55. The van der Waals surface area contributed by atoms with Gasteiger partial charge in [-0.2, -0.15) is 0 Å². The first-order valence-electron chi connectivity index (χ1n) is 12.1. The topological polar surface area (TPSA) is 105 Å². The van der Waals surface area contributed by atoms with Crippen LogP contribution < -0.4 is 10.1 Å². The maximum Gasteiger partial charge on any atom is 0.255 e. The first-order valence-corrected chi connectivity index (χ1v) is 12.1. The molecule has 1 unspecified atom stereocenters. The van der Waals surface area contributed by atoms with Crippen molar-refractivity contribution in [2.75, 3.05) is 19.8 Å². The lowest BCUT2D eigenvalue weighted by Gasteiger charge is -2.42. The average molecular weight is 503 g/mol. The van der Waals surface area contributed by atoms with Crippen molar-refractivity contribution in [2.45, 2.75) is 36.2 Å². The van der Waals surface area contributed by atoms with Crippen molar-refractivity contribution in [1.29, 1.82) is 0 Å². The van der Waals surface area contributed by atoms with E-state index in [9.17, 15) is 19.2 Å². The van der Waals surface area contributed by atoms with Crippen LogP contribution in [0.25, 0.3) is 0 Å². The number of nitrogens with zero attached hydrogens (tertiary/aromatic N) is 2. The second-order valence-corrected chi connectivity index (χ2v) is 9.58. The summed E-state index contributed by atoms with van der Waals surface area (Å²) in [6.45, 7) is 0.583. The molecule has 2 fully saturated rings. The van der Waals surface area contributed by atoms with Gasteiger partial charge in [-0.1, -0.05) is 30.3 Å². The van der Waals surface area contributed by atoms with Crippen molar-refractivity contribution < 1.29 is 28.7 Å². The normalized spacial score (nSPS) is 20.4. The summed E-state index contributed by atoms with van der Waals surface area (Å²) in [4.78, 5) is 52.0. The molecule has 0 bridgehead atoms. The molecule has 184 valence electrons. The van der Waals surface area contributed by atoms with Crippen molar-refractivity contribution in [3.63, 3.8) is 0 Å². The van der Waals surface area contributed by atoms with Crippen LogP contribution in [0.4, 0.5) is 0 Å².